The van der Waals surface area contributed by atoms with Crippen LogP contribution in [0, 0.1) is 0 Å². The Labute approximate surface area is 121 Å². The molecule has 0 aromatic heterocycles. The molecule has 2 fully saturated rings. The van der Waals surface area contributed by atoms with Gasteiger partial charge in [-0.05, 0) is 38.6 Å². The quantitative estimate of drug-likeness (QED) is 0.547. The number of rotatable bonds is 7. The molecule has 2 aliphatic rings. The number of unbranched alkanes of at least 4 members (excludes halogenated alkanes) is 3. The Balaban J connectivity index is 1.83. The fourth-order valence-corrected chi connectivity index (χ4v) is 4.21. The largest absolute Gasteiger partial charge is 0.297 e. The van der Waals surface area contributed by atoms with Gasteiger partial charge in [0.2, 0.25) is 0 Å². The molecular formula is C18H35N. The van der Waals surface area contributed by atoms with Gasteiger partial charge in [-0.3, -0.25) is 4.90 Å². The van der Waals surface area contributed by atoms with Crippen LogP contribution in [0.15, 0.2) is 0 Å². The van der Waals surface area contributed by atoms with Crippen molar-refractivity contribution in [3.05, 3.63) is 0 Å². The first-order valence-corrected chi connectivity index (χ1v) is 9.17. The second-order valence-electron chi connectivity index (χ2n) is 6.88. The molecule has 0 aromatic rings. The summed E-state index contributed by atoms with van der Waals surface area (Å²) < 4.78 is 0. The zero-order valence-electron chi connectivity index (χ0n) is 13.2. The van der Waals surface area contributed by atoms with Crippen LogP contribution in [-0.4, -0.2) is 23.5 Å². The molecule has 1 nitrogen and oxygen atoms in total. The van der Waals surface area contributed by atoms with Crippen molar-refractivity contribution in [2.75, 3.05) is 6.54 Å². The number of nitrogens with zero attached hydrogens (tertiary/aromatic N) is 1. The SMILES string of the molecule is CCCCCCN(C1CCCCC1)C1CCCCC1. The van der Waals surface area contributed by atoms with E-state index in [1.54, 1.807) is 0 Å². The van der Waals surface area contributed by atoms with Crippen molar-refractivity contribution in [3.8, 4) is 0 Å². The summed E-state index contributed by atoms with van der Waals surface area (Å²) in [6.07, 6.45) is 20.6. The monoisotopic (exact) mass is 265 g/mol. The third-order valence-electron chi connectivity index (χ3n) is 5.36. The molecule has 0 spiro atoms. The maximum absolute atomic E-state index is 2.97. The highest BCUT2D eigenvalue weighted by Gasteiger charge is 2.28. The van der Waals surface area contributed by atoms with E-state index in [1.165, 1.54) is 96.4 Å². The minimum absolute atomic E-state index is 0.943. The molecule has 0 unspecified atom stereocenters. The molecule has 0 bridgehead atoms. The summed E-state index contributed by atoms with van der Waals surface area (Å²) in [6, 6.07) is 1.89. The van der Waals surface area contributed by atoms with Crippen LogP contribution in [0.4, 0.5) is 0 Å². The first-order valence-electron chi connectivity index (χ1n) is 9.17. The van der Waals surface area contributed by atoms with Gasteiger partial charge in [-0.1, -0.05) is 64.7 Å². The molecule has 0 aromatic carbocycles. The summed E-state index contributed by atoms with van der Waals surface area (Å²) in [5.74, 6) is 0. The molecule has 2 rings (SSSR count). The van der Waals surface area contributed by atoms with Crippen LogP contribution in [0.3, 0.4) is 0 Å². The van der Waals surface area contributed by atoms with Gasteiger partial charge >= 0.3 is 0 Å². The first-order chi connectivity index (χ1) is 9.42. The van der Waals surface area contributed by atoms with Crippen molar-refractivity contribution < 1.29 is 0 Å². The Bertz CT molecular complexity index is 196. The van der Waals surface area contributed by atoms with E-state index in [4.69, 9.17) is 0 Å². The van der Waals surface area contributed by atoms with Crippen LogP contribution in [0.25, 0.3) is 0 Å². The van der Waals surface area contributed by atoms with E-state index in [-0.39, 0.29) is 0 Å². The molecule has 0 heterocycles. The Morgan fingerprint density at radius 3 is 1.68 bits per heavy atom. The average molecular weight is 265 g/mol. The molecule has 0 saturated heterocycles. The zero-order chi connectivity index (χ0) is 13.3. The van der Waals surface area contributed by atoms with Gasteiger partial charge in [0.25, 0.3) is 0 Å². The normalized spacial score (nSPS) is 23.1. The standard InChI is InChI=1S/C18H35N/c1-2-3-4-11-16-19(17-12-7-5-8-13-17)18-14-9-6-10-15-18/h17-18H,2-16H2,1H3. The van der Waals surface area contributed by atoms with Gasteiger partial charge < -0.3 is 0 Å². The molecule has 19 heavy (non-hydrogen) atoms. The topological polar surface area (TPSA) is 3.24 Å². The van der Waals surface area contributed by atoms with Crippen molar-refractivity contribution in [2.24, 2.45) is 0 Å². The number of hydrogen-bond acceptors (Lipinski definition) is 1. The molecule has 2 aliphatic carbocycles. The second kappa shape index (κ2) is 9.00. The Kier molecular flexibility index (Phi) is 7.27. The smallest absolute Gasteiger partial charge is 0.00981 e. The summed E-state index contributed by atoms with van der Waals surface area (Å²) in [6.45, 7) is 3.72. The average Bonchev–Trinajstić information content (AvgIpc) is 2.49. The zero-order valence-corrected chi connectivity index (χ0v) is 13.2. The minimum atomic E-state index is 0.943. The summed E-state index contributed by atoms with van der Waals surface area (Å²) in [7, 11) is 0. The third-order valence-corrected chi connectivity index (χ3v) is 5.36. The molecule has 0 N–H and O–H groups in total. The fourth-order valence-electron chi connectivity index (χ4n) is 4.21. The van der Waals surface area contributed by atoms with Crippen LogP contribution < -0.4 is 0 Å². The summed E-state index contributed by atoms with van der Waals surface area (Å²) in [5, 5.41) is 0. The van der Waals surface area contributed by atoms with E-state index in [9.17, 15) is 0 Å². The predicted molar refractivity (Wildman–Crippen MR) is 84.6 cm³/mol. The Hall–Kier alpha value is -0.0400. The Morgan fingerprint density at radius 2 is 1.21 bits per heavy atom. The van der Waals surface area contributed by atoms with Gasteiger partial charge in [0.1, 0.15) is 0 Å². The highest BCUT2D eigenvalue weighted by molar-refractivity contribution is 4.83. The lowest BCUT2D eigenvalue weighted by molar-refractivity contribution is 0.0788. The lowest BCUT2D eigenvalue weighted by Gasteiger charge is -2.41. The molecule has 0 aliphatic heterocycles. The van der Waals surface area contributed by atoms with E-state index in [1.807, 2.05) is 0 Å². The fraction of sp³-hybridized carbons (Fsp3) is 1.00. The maximum Gasteiger partial charge on any atom is 0.00981 e. The summed E-state index contributed by atoms with van der Waals surface area (Å²) in [4.78, 5) is 2.97. The van der Waals surface area contributed by atoms with Crippen LogP contribution >= 0.6 is 0 Å². The molecule has 0 radical (unpaired) electrons. The van der Waals surface area contributed by atoms with Crippen LogP contribution in [-0.2, 0) is 0 Å². The Morgan fingerprint density at radius 1 is 0.684 bits per heavy atom. The number of hydrogen-bond donors (Lipinski definition) is 0. The summed E-state index contributed by atoms with van der Waals surface area (Å²) >= 11 is 0. The van der Waals surface area contributed by atoms with Crippen molar-refractivity contribution in [2.45, 2.75) is 109 Å². The van der Waals surface area contributed by atoms with Gasteiger partial charge in [0.15, 0.2) is 0 Å². The van der Waals surface area contributed by atoms with Crippen molar-refractivity contribution >= 4 is 0 Å². The second-order valence-corrected chi connectivity index (χ2v) is 6.88. The minimum Gasteiger partial charge on any atom is -0.297 e. The van der Waals surface area contributed by atoms with E-state index < -0.39 is 0 Å². The predicted octanol–water partition coefficient (Wildman–Crippen LogP) is 5.53. The van der Waals surface area contributed by atoms with Crippen molar-refractivity contribution in [1.29, 1.82) is 0 Å². The van der Waals surface area contributed by atoms with Crippen molar-refractivity contribution in [1.82, 2.24) is 4.90 Å². The third kappa shape index (κ3) is 5.10. The summed E-state index contributed by atoms with van der Waals surface area (Å²) in [5.41, 5.74) is 0. The van der Waals surface area contributed by atoms with Crippen LogP contribution in [0.1, 0.15) is 96.8 Å². The first kappa shape index (κ1) is 15.4. The van der Waals surface area contributed by atoms with Crippen molar-refractivity contribution in [3.63, 3.8) is 0 Å². The van der Waals surface area contributed by atoms with Crippen LogP contribution in [0.2, 0.25) is 0 Å². The molecule has 0 amide bonds. The molecule has 112 valence electrons. The van der Waals surface area contributed by atoms with E-state index >= 15 is 0 Å². The van der Waals surface area contributed by atoms with Crippen LogP contribution in [0.5, 0.6) is 0 Å². The van der Waals surface area contributed by atoms with E-state index in [0.29, 0.717) is 0 Å². The lowest BCUT2D eigenvalue weighted by atomic mass is 9.88. The van der Waals surface area contributed by atoms with Gasteiger partial charge in [0, 0.05) is 12.1 Å². The van der Waals surface area contributed by atoms with Gasteiger partial charge in [-0.25, -0.2) is 0 Å². The lowest BCUT2D eigenvalue weighted by Crippen LogP contribution is -2.45. The van der Waals surface area contributed by atoms with E-state index in [0.717, 1.165) is 12.1 Å². The molecule has 1 heteroatoms. The molecule has 2 saturated carbocycles. The van der Waals surface area contributed by atoms with E-state index in [2.05, 4.69) is 11.8 Å². The van der Waals surface area contributed by atoms with Gasteiger partial charge in [-0.2, -0.15) is 0 Å². The van der Waals surface area contributed by atoms with Gasteiger partial charge in [0.05, 0.1) is 0 Å². The highest BCUT2D eigenvalue weighted by Crippen LogP contribution is 2.30. The van der Waals surface area contributed by atoms with Gasteiger partial charge in [-0.15, -0.1) is 0 Å². The highest BCUT2D eigenvalue weighted by atomic mass is 15.2. The molecule has 0 atom stereocenters. The maximum atomic E-state index is 2.97. The molecular weight excluding hydrogens is 230 g/mol.